The molecule has 8 nitrogen and oxygen atoms in total. The second-order valence-electron chi connectivity index (χ2n) is 5.46. The van der Waals surface area contributed by atoms with E-state index in [1.165, 1.54) is 0 Å². The molecule has 132 valence electrons. The van der Waals surface area contributed by atoms with Crippen LogP contribution in [0.5, 0.6) is 0 Å². The average Bonchev–Trinajstić information content (AvgIpc) is 2.68. The van der Waals surface area contributed by atoms with Crippen molar-refractivity contribution in [3.05, 3.63) is 60.6 Å². The van der Waals surface area contributed by atoms with E-state index >= 15 is 0 Å². The molecule has 0 spiro atoms. The Morgan fingerprint density at radius 2 is 1.85 bits per heavy atom. The molecule has 3 aromatic rings. The third-order valence-corrected chi connectivity index (χ3v) is 3.52. The van der Waals surface area contributed by atoms with Crippen molar-refractivity contribution in [2.24, 2.45) is 0 Å². The molecular weight excluding hydrogens is 332 g/mol. The summed E-state index contributed by atoms with van der Waals surface area (Å²) in [7, 11) is 0. The molecular formula is C18H18N6O2. The lowest BCUT2D eigenvalue weighted by Crippen LogP contribution is -2.15. The maximum absolute atomic E-state index is 10.8. The van der Waals surface area contributed by atoms with Crippen molar-refractivity contribution in [1.29, 1.82) is 0 Å². The van der Waals surface area contributed by atoms with Gasteiger partial charge in [0, 0.05) is 31.2 Å². The SMILES string of the molecule is O=C(O)CNc1nc(NCCc2ccncc2)cc(-c2ccccn2)n1. The fourth-order valence-electron chi connectivity index (χ4n) is 2.30. The van der Waals surface area contributed by atoms with Gasteiger partial charge in [0.05, 0.1) is 11.4 Å². The van der Waals surface area contributed by atoms with Crippen LogP contribution in [0.4, 0.5) is 11.8 Å². The summed E-state index contributed by atoms with van der Waals surface area (Å²) in [6.45, 7) is 0.406. The molecule has 0 saturated heterocycles. The molecule has 3 rings (SSSR count). The van der Waals surface area contributed by atoms with Crippen molar-refractivity contribution in [3.8, 4) is 11.4 Å². The van der Waals surface area contributed by atoms with Crippen LogP contribution in [-0.4, -0.2) is 44.1 Å². The lowest BCUT2D eigenvalue weighted by atomic mass is 10.2. The number of nitrogens with one attached hydrogen (secondary N) is 2. The molecule has 0 radical (unpaired) electrons. The van der Waals surface area contributed by atoms with Gasteiger partial charge in [0.25, 0.3) is 0 Å². The minimum Gasteiger partial charge on any atom is -0.480 e. The number of hydrogen-bond donors (Lipinski definition) is 3. The molecule has 26 heavy (non-hydrogen) atoms. The average molecular weight is 350 g/mol. The molecule has 3 N–H and O–H groups in total. The van der Waals surface area contributed by atoms with Gasteiger partial charge in [0.15, 0.2) is 0 Å². The summed E-state index contributed by atoms with van der Waals surface area (Å²) in [4.78, 5) is 27.7. The lowest BCUT2D eigenvalue weighted by Gasteiger charge is -2.10. The molecule has 0 bridgehead atoms. The Kier molecular flexibility index (Phi) is 5.66. The van der Waals surface area contributed by atoms with Crippen molar-refractivity contribution in [2.45, 2.75) is 6.42 Å². The highest BCUT2D eigenvalue weighted by atomic mass is 16.4. The quantitative estimate of drug-likeness (QED) is 0.566. The van der Waals surface area contributed by atoms with E-state index in [1.54, 1.807) is 24.7 Å². The standard InChI is InChI=1S/C18H18N6O2/c25-17(26)12-22-18-23-15(14-3-1-2-7-20-14)11-16(24-18)21-10-6-13-4-8-19-9-5-13/h1-5,7-9,11H,6,10,12H2,(H,25,26)(H2,21,22,23,24). The highest BCUT2D eigenvalue weighted by Crippen LogP contribution is 2.19. The number of anilines is 2. The zero-order chi connectivity index (χ0) is 18.2. The van der Waals surface area contributed by atoms with Crippen molar-refractivity contribution in [2.75, 3.05) is 23.7 Å². The fourth-order valence-corrected chi connectivity index (χ4v) is 2.30. The lowest BCUT2D eigenvalue weighted by molar-refractivity contribution is -0.134. The molecule has 0 unspecified atom stereocenters. The summed E-state index contributed by atoms with van der Waals surface area (Å²) >= 11 is 0. The Balaban J connectivity index is 1.76. The summed E-state index contributed by atoms with van der Waals surface area (Å²) in [6.07, 6.45) is 6.00. The van der Waals surface area contributed by atoms with Crippen LogP contribution in [-0.2, 0) is 11.2 Å². The minimum atomic E-state index is -0.982. The van der Waals surface area contributed by atoms with Gasteiger partial charge in [-0.15, -0.1) is 0 Å². The van der Waals surface area contributed by atoms with Gasteiger partial charge in [-0.2, -0.15) is 4.98 Å². The van der Waals surface area contributed by atoms with Gasteiger partial charge >= 0.3 is 5.97 Å². The summed E-state index contributed by atoms with van der Waals surface area (Å²) in [5, 5.41) is 14.8. The molecule has 0 amide bonds. The van der Waals surface area contributed by atoms with E-state index in [1.807, 2.05) is 30.3 Å². The molecule has 0 aliphatic rings. The van der Waals surface area contributed by atoms with E-state index in [2.05, 4.69) is 30.6 Å². The number of carbonyl (C=O) groups is 1. The number of nitrogens with zero attached hydrogens (tertiary/aromatic N) is 4. The summed E-state index contributed by atoms with van der Waals surface area (Å²) in [6, 6.07) is 11.2. The monoisotopic (exact) mass is 350 g/mol. The van der Waals surface area contributed by atoms with Gasteiger partial charge in [-0.1, -0.05) is 6.07 Å². The third-order valence-electron chi connectivity index (χ3n) is 3.52. The zero-order valence-electron chi connectivity index (χ0n) is 14.0. The predicted octanol–water partition coefficient (Wildman–Crippen LogP) is 2.08. The van der Waals surface area contributed by atoms with Crippen LogP contribution in [0, 0.1) is 0 Å². The Bertz CT molecular complexity index is 858. The molecule has 0 fully saturated rings. The van der Waals surface area contributed by atoms with Crippen LogP contribution in [0.25, 0.3) is 11.4 Å². The molecule has 0 aromatic carbocycles. The van der Waals surface area contributed by atoms with Crippen LogP contribution >= 0.6 is 0 Å². The van der Waals surface area contributed by atoms with Crippen LogP contribution in [0.15, 0.2) is 55.0 Å². The third kappa shape index (κ3) is 4.97. The Hall–Kier alpha value is -3.55. The zero-order valence-corrected chi connectivity index (χ0v) is 14.0. The molecule has 0 aliphatic carbocycles. The molecule has 3 aromatic heterocycles. The van der Waals surface area contributed by atoms with Gasteiger partial charge in [0.2, 0.25) is 5.95 Å². The Morgan fingerprint density at radius 1 is 1.00 bits per heavy atom. The van der Waals surface area contributed by atoms with Crippen LogP contribution in [0.2, 0.25) is 0 Å². The number of aliphatic carboxylic acids is 1. The van der Waals surface area contributed by atoms with Gasteiger partial charge in [0.1, 0.15) is 12.4 Å². The number of hydrogen-bond acceptors (Lipinski definition) is 7. The van der Waals surface area contributed by atoms with E-state index in [4.69, 9.17) is 5.11 Å². The van der Waals surface area contributed by atoms with Gasteiger partial charge in [-0.3, -0.25) is 14.8 Å². The topological polar surface area (TPSA) is 113 Å². The maximum Gasteiger partial charge on any atom is 0.322 e. The first kappa shape index (κ1) is 17.3. The van der Waals surface area contributed by atoms with E-state index < -0.39 is 5.97 Å². The largest absolute Gasteiger partial charge is 0.480 e. The molecule has 3 heterocycles. The van der Waals surface area contributed by atoms with Crippen molar-refractivity contribution >= 4 is 17.7 Å². The van der Waals surface area contributed by atoms with Gasteiger partial charge < -0.3 is 15.7 Å². The maximum atomic E-state index is 10.8. The summed E-state index contributed by atoms with van der Waals surface area (Å²) in [5.74, 6) is -0.145. The van der Waals surface area contributed by atoms with Crippen LogP contribution in [0.3, 0.4) is 0 Å². The number of pyridine rings is 2. The van der Waals surface area contributed by atoms with Crippen molar-refractivity contribution in [1.82, 2.24) is 19.9 Å². The van der Waals surface area contributed by atoms with Crippen LogP contribution in [0.1, 0.15) is 5.56 Å². The van der Waals surface area contributed by atoms with E-state index in [0.717, 1.165) is 12.0 Å². The Labute approximate surface area is 150 Å². The summed E-state index contributed by atoms with van der Waals surface area (Å²) < 4.78 is 0. The van der Waals surface area contributed by atoms with E-state index in [0.29, 0.717) is 23.8 Å². The van der Waals surface area contributed by atoms with Crippen molar-refractivity contribution < 1.29 is 9.90 Å². The molecule has 0 saturated carbocycles. The highest BCUT2D eigenvalue weighted by molar-refractivity contribution is 5.72. The Morgan fingerprint density at radius 3 is 2.58 bits per heavy atom. The second-order valence-corrected chi connectivity index (χ2v) is 5.46. The summed E-state index contributed by atoms with van der Waals surface area (Å²) in [5.41, 5.74) is 2.46. The smallest absolute Gasteiger partial charge is 0.322 e. The first-order valence-electron chi connectivity index (χ1n) is 8.09. The van der Waals surface area contributed by atoms with Crippen molar-refractivity contribution in [3.63, 3.8) is 0 Å². The number of carboxylic acid groups (broad SMARTS) is 1. The van der Waals surface area contributed by atoms with Crippen LogP contribution < -0.4 is 10.6 Å². The predicted molar refractivity (Wildman–Crippen MR) is 97.8 cm³/mol. The minimum absolute atomic E-state index is 0.238. The first-order chi connectivity index (χ1) is 12.7. The molecule has 0 atom stereocenters. The normalized spacial score (nSPS) is 10.3. The number of carboxylic acids is 1. The fraction of sp³-hybridized carbons (Fsp3) is 0.167. The molecule has 8 heteroatoms. The number of rotatable bonds is 8. The van der Waals surface area contributed by atoms with E-state index in [9.17, 15) is 4.79 Å². The molecule has 0 aliphatic heterocycles. The second kappa shape index (κ2) is 8.52. The number of aromatic nitrogens is 4. The van der Waals surface area contributed by atoms with Gasteiger partial charge in [-0.05, 0) is 36.2 Å². The van der Waals surface area contributed by atoms with Gasteiger partial charge in [-0.25, -0.2) is 4.98 Å². The van der Waals surface area contributed by atoms with E-state index in [-0.39, 0.29) is 12.5 Å². The highest BCUT2D eigenvalue weighted by Gasteiger charge is 2.08. The first-order valence-corrected chi connectivity index (χ1v) is 8.09.